The van der Waals surface area contributed by atoms with Gasteiger partial charge < -0.3 is 0 Å². The molecule has 0 aromatic heterocycles. The molecule has 1 aromatic rings. The van der Waals surface area contributed by atoms with E-state index in [1.807, 2.05) is 13.8 Å². The second kappa shape index (κ2) is 7.35. The van der Waals surface area contributed by atoms with E-state index in [4.69, 9.17) is 5.14 Å². The van der Waals surface area contributed by atoms with Crippen molar-refractivity contribution in [2.24, 2.45) is 11.1 Å². The molecule has 0 radical (unpaired) electrons. The van der Waals surface area contributed by atoms with Crippen molar-refractivity contribution in [3.8, 4) is 0 Å². The first-order valence-electron chi connectivity index (χ1n) is 6.73. The van der Waals surface area contributed by atoms with Crippen LogP contribution < -0.4 is 9.86 Å². The molecule has 0 heterocycles. The van der Waals surface area contributed by atoms with Crippen LogP contribution in [0.3, 0.4) is 0 Å². The number of rotatable bonds is 8. The third kappa shape index (κ3) is 6.56. The molecule has 0 spiro atoms. The summed E-state index contributed by atoms with van der Waals surface area (Å²) in [6.07, 6.45) is 1.82. The maximum atomic E-state index is 11.9. The summed E-state index contributed by atoms with van der Waals surface area (Å²) in [5, 5.41) is 4.99. The molecule has 1 atom stereocenters. The van der Waals surface area contributed by atoms with Gasteiger partial charge in [0, 0.05) is 6.54 Å². The van der Waals surface area contributed by atoms with E-state index in [2.05, 4.69) is 4.72 Å². The number of primary sulfonamides is 1. The van der Waals surface area contributed by atoms with Gasteiger partial charge in [-0.1, -0.05) is 32.4 Å². The molecule has 0 amide bonds. The van der Waals surface area contributed by atoms with Crippen molar-refractivity contribution in [2.45, 2.75) is 38.1 Å². The highest BCUT2D eigenvalue weighted by molar-refractivity contribution is 7.89. The normalized spacial score (nSPS) is 14.0. The Morgan fingerprint density at radius 2 is 1.71 bits per heavy atom. The second-order valence-corrected chi connectivity index (χ2v) is 8.60. The zero-order valence-electron chi connectivity index (χ0n) is 12.2. The van der Waals surface area contributed by atoms with Crippen molar-refractivity contribution >= 4 is 20.0 Å². The number of nitrogens with one attached hydrogen (secondary N) is 1. The minimum absolute atomic E-state index is 0.00525. The topological polar surface area (TPSA) is 106 Å². The molecule has 0 saturated carbocycles. The first-order chi connectivity index (χ1) is 9.64. The lowest BCUT2D eigenvalue weighted by Gasteiger charge is -2.12. The molecule has 0 aliphatic carbocycles. The third-order valence-electron chi connectivity index (χ3n) is 3.03. The number of hydrogen-bond acceptors (Lipinski definition) is 4. The van der Waals surface area contributed by atoms with Crippen LogP contribution in [0.4, 0.5) is 0 Å². The molecule has 0 aliphatic rings. The van der Waals surface area contributed by atoms with Gasteiger partial charge in [-0.2, -0.15) is 0 Å². The van der Waals surface area contributed by atoms with Gasteiger partial charge in [-0.3, -0.25) is 0 Å². The fourth-order valence-electron chi connectivity index (χ4n) is 2.00. The van der Waals surface area contributed by atoms with Crippen LogP contribution in [0.5, 0.6) is 0 Å². The summed E-state index contributed by atoms with van der Waals surface area (Å²) in [6, 6.07) is 5.80. The summed E-state index contributed by atoms with van der Waals surface area (Å²) in [6.45, 7) is 4.05. The number of benzene rings is 1. The van der Waals surface area contributed by atoms with Gasteiger partial charge >= 0.3 is 0 Å². The van der Waals surface area contributed by atoms with Crippen molar-refractivity contribution in [3.05, 3.63) is 29.8 Å². The van der Waals surface area contributed by atoms with Crippen LogP contribution in [0.1, 0.15) is 32.3 Å². The predicted octanol–water partition coefficient (Wildman–Crippen LogP) is 1.19. The predicted molar refractivity (Wildman–Crippen MR) is 82.5 cm³/mol. The Bertz CT molecular complexity index is 652. The fraction of sp³-hybridized carbons (Fsp3) is 0.538. The van der Waals surface area contributed by atoms with E-state index in [-0.39, 0.29) is 23.1 Å². The first-order valence-corrected chi connectivity index (χ1v) is 9.93. The maximum Gasteiger partial charge on any atom is 0.238 e. The van der Waals surface area contributed by atoms with Gasteiger partial charge in [-0.15, -0.1) is 0 Å². The van der Waals surface area contributed by atoms with Crippen molar-refractivity contribution < 1.29 is 16.8 Å². The molecule has 1 unspecified atom stereocenters. The average molecular weight is 334 g/mol. The van der Waals surface area contributed by atoms with Crippen LogP contribution in [-0.2, 0) is 26.6 Å². The molecule has 0 fully saturated rings. The largest absolute Gasteiger partial charge is 0.238 e. The van der Waals surface area contributed by atoms with Gasteiger partial charge in [-0.25, -0.2) is 26.7 Å². The summed E-state index contributed by atoms with van der Waals surface area (Å²) in [5.74, 6) is 0.202. The molecule has 1 aromatic carbocycles. The Labute approximate surface area is 126 Å². The van der Waals surface area contributed by atoms with Gasteiger partial charge in [0.15, 0.2) is 0 Å². The Morgan fingerprint density at radius 3 is 2.19 bits per heavy atom. The van der Waals surface area contributed by atoms with Crippen LogP contribution in [-0.4, -0.2) is 22.6 Å². The van der Waals surface area contributed by atoms with Gasteiger partial charge in [-0.05, 0) is 30.0 Å². The quantitative estimate of drug-likeness (QED) is 0.744. The average Bonchev–Trinajstić information content (AvgIpc) is 2.35. The lowest BCUT2D eigenvalue weighted by molar-refractivity contribution is 0.536. The van der Waals surface area contributed by atoms with E-state index < -0.39 is 20.0 Å². The van der Waals surface area contributed by atoms with Crippen molar-refractivity contribution in [3.63, 3.8) is 0 Å². The molecule has 0 aliphatic heterocycles. The maximum absolute atomic E-state index is 11.9. The van der Waals surface area contributed by atoms with Crippen LogP contribution in [0.15, 0.2) is 29.2 Å². The molecular formula is C13H22N2O4S2. The molecule has 3 N–H and O–H groups in total. The number of hydrogen-bond donors (Lipinski definition) is 2. The van der Waals surface area contributed by atoms with Crippen molar-refractivity contribution in [2.75, 3.05) is 5.75 Å². The second-order valence-electron chi connectivity index (χ2n) is 5.19. The van der Waals surface area contributed by atoms with Crippen LogP contribution >= 0.6 is 0 Å². The smallest absolute Gasteiger partial charge is 0.225 e. The SMILES string of the molecule is CCCC(C)CS(=O)(=O)NCc1ccc(S(N)(=O)=O)cc1. The zero-order valence-corrected chi connectivity index (χ0v) is 13.9. The summed E-state index contributed by atoms with van der Waals surface area (Å²) in [7, 11) is -7.06. The van der Waals surface area contributed by atoms with Gasteiger partial charge in [0.1, 0.15) is 0 Å². The van der Waals surface area contributed by atoms with Gasteiger partial charge in [0.05, 0.1) is 10.6 Å². The first kappa shape index (κ1) is 18.1. The van der Waals surface area contributed by atoms with E-state index in [1.54, 1.807) is 0 Å². The highest BCUT2D eigenvalue weighted by Crippen LogP contribution is 2.10. The Kier molecular flexibility index (Phi) is 6.33. The van der Waals surface area contributed by atoms with E-state index in [1.165, 1.54) is 24.3 Å². The van der Waals surface area contributed by atoms with E-state index in [0.29, 0.717) is 5.56 Å². The third-order valence-corrected chi connectivity index (χ3v) is 5.55. The van der Waals surface area contributed by atoms with E-state index in [9.17, 15) is 16.8 Å². The van der Waals surface area contributed by atoms with E-state index in [0.717, 1.165) is 12.8 Å². The van der Waals surface area contributed by atoms with Crippen molar-refractivity contribution in [1.82, 2.24) is 4.72 Å². The summed E-state index contributed by atoms with van der Waals surface area (Å²) in [4.78, 5) is 0.00525. The number of sulfonamides is 2. The Hall–Kier alpha value is -0.960. The highest BCUT2D eigenvalue weighted by Gasteiger charge is 2.15. The van der Waals surface area contributed by atoms with Crippen LogP contribution in [0.2, 0.25) is 0 Å². The lowest BCUT2D eigenvalue weighted by atomic mass is 10.1. The fourth-order valence-corrected chi connectivity index (χ4v) is 3.94. The summed E-state index contributed by atoms with van der Waals surface area (Å²) >= 11 is 0. The van der Waals surface area contributed by atoms with E-state index >= 15 is 0 Å². The monoisotopic (exact) mass is 334 g/mol. The molecule has 120 valence electrons. The van der Waals surface area contributed by atoms with Crippen LogP contribution in [0.25, 0.3) is 0 Å². The van der Waals surface area contributed by atoms with Crippen LogP contribution in [0, 0.1) is 5.92 Å². The highest BCUT2D eigenvalue weighted by atomic mass is 32.2. The zero-order chi connectivity index (χ0) is 16.1. The molecule has 1 rings (SSSR count). The Morgan fingerprint density at radius 1 is 1.14 bits per heavy atom. The Balaban J connectivity index is 2.63. The molecule has 6 nitrogen and oxygen atoms in total. The number of nitrogens with two attached hydrogens (primary N) is 1. The minimum Gasteiger partial charge on any atom is -0.225 e. The lowest BCUT2D eigenvalue weighted by Crippen LogP contribution is -2.28. The molecule has 0 bridgehead atoms. The molecule has 21 heavy (non-hydrogen) atoms. The molecular weight excluding hydrogens is 312 g/mol. The molecule has 8 heteroatoms. The standard InChI is InChI=1S/C13H22N2O4S2/c1-3-4-11(2)10-20(16,17)15-9-12-5-7-13(8-6-12)21(14,18)19/h5-8,11,15H,3-4,9-10H2,1-2H3,(H2,14,18,19). The summed E-state index contributed by atoms with van der Waals surface area (Å²) < 4.78 is 48.5. The summed E-state index contributed by atoms with van der Waals surface area (Å²) in [5.41, 5.74) is 0.675. The van der Waals surface area contributed by atoms with Gasteiger partial charge in [0.25, 0.3) is 0 Å². The minimum atomic E-state index is -3.72. The van der Waals surface area contributed by atoms with Gasteiger partial charge in [0.2, 0.25) is 20.0 Å². The van der Waals surface area contributed by atoms with Crippen molar-refractivity contribution in [1.29, 1.82) is 0 Å². The molecule has 0 saturated heterocycles.